The van der Waals surface area contributed by atoms with Crippen LogP contribution < -0.4 is 5.32 Å². The summed E-state index contributed by atoms with van der Waals surface area (Å²) >= 11 is 0. The highest BCUT2D eigenvalue weighted by Crippen LogP contribution is 2.48. The molecule has 2 bridgehead atoms. The van der Waals surface area contributed by atoms with Crippen LogP contribution in [0.1, 0.15) is 32.1 Å². The lowest BCUT2D eigenvalue weighted by Crippen LogP contribution is -2.34. The van der Waals surface area contributed by atoms with Gasteiger partial charge in [-0.1, -0.05) is 6.42 Å². The second-order valence-corrected chi connectivity index (χ2v) is 4.65. The molecular weight excluding hydrogens is 178 g/mol. The molecule has 0 heterocycles. The van der Waals surface area contributed by atoms with Gasteiger partial charge in [-0.2, -0.15) is 0 Å². The summed E-state index contributed by atoms with van der Waals surface area (Å²) in [5.74, 6) is 2.00. The van der Waals surface area contributed by atoms with E-state index in [4.69, 9.17) is 5.11 Å². The van der Waals surface area contributed by atoms with Crippen LogP contribution in [-0.4, -0.2) is 24.2 Å². The summed E-state index contributed by atoms with van der Waals surface area (Å²) < 4.78 is 0. The molecule has 3 nitrogen and oxygen atoms in total. The Bertz CT molecular complexity index is 217. The molecular formula is C11H19NO2. The van der Waals surface area contributed by atoms with E-state index >= 15 is 0 Å². The largest absolute Gasteiger partial charge is 0.396 e. The fourth-order valence-corrected chi connectivity index (χ4v) is 2.99. The number of aliphatic hydroxyl groups is 1. The van der Waals surface area contributed by atoms with Crippen LogP contribution in [0.5, 0.6) is 0 Å². The topological polar surface area (TPSA) is 49.3 Å². The molecule has 2 fully saturated rings. The van der Waals surface area contributed by atoms with Crippen LogP contribution in [0.15, 0.2) is 0 Å². The van der Waals surface area contributed by atoms with E-state index in [9.17, 15) is 4.79 Å². The number of nitrogens with one attached hydrogen (secondary N) is 1. The van der Waals surface area contributed by atoms with Crippen molar-refractivity contribution in [2.45, 2.75) is 32.1 Å². The van der Waals surface area contributed by atoms with Gasteiger partial charge in [0.25, 0.3) is 0 Å². The molecule has 1 amide bonds. The molecule has 0 radical (unpaired) electrons. The van der Waals surface area contributed by atoms with Crippen molar-refractivity contribution in [3.8, 4) is 0 Å². The Labute approximate surface area is 84.9 Å². The second-order valence-electron chi connectivity index (χ2n) is 4.65. The van der Waals surface area contributed by atoms with Crippen molar-refractivity contribution in [2.24, 2.45) is 17.8 Å². The van der Waals surface area contributed by atoms with Gasteiger partial charge in [0.15, 0.2) is 0 Å². The number of carbonyl (C=O) groups is 1. The molecule has 0 aliphatic heterocycles. The molecule has 14 heavy (non-hydrogen) atoms. The number of carbonyl (C=O) groups excluding carboxylic acids is 1. The maximum absolute atomic E-state index is 11.7. The van der Waals surface area contributed by atoms with Gasteiger partial charge >= 0.3 is 0 Å². The van der Waals surface area contributed by atoms with E-state index in [1.807, 2.05) is 0 Å². The van der Waals surface area contributed by atoms with Crippen LogP contribution in [-0.2, 0) is 4.79 Å². The average Bonchev–Trinajstić information content (AvgIpc) is 2.79. The van der Waals surface area contributed by atoms with Crippen LogP contribution in [0.2, 0.25) is 0 Å². The number of fused-ring (bicyclic) bond motifs is 2. The summed E-state index contributed by atoms with van der Waals surface area (Å²) in [6.07, 6.45) is 5.65. The van der Waals surface area contributed by atoms with E-state index in [0.29, 0.717) is 18.9 Å². The number of aliphatic hydroxyl groups excluding tert-OH is 1. The van der Waals surface area contributed by atoms with Crippen LogP contribution in [0.25, 0.3) is 0 Å². The van der Waals surface area contributed by atoms with Crippen molar-refractivity contribution >= 4 is 5.91 Å². The third kappa shape index (κ3) is 1.92. The fourth-order valence-electron chi connectivity index (χ4n) is 2.99. The molecule has 2 rings (SSSR count). The Morgan fingerprint density at radius 2 is 2.21 bits per heavy atom. The third-order valence-electron chi connectivity index (χ3n) is 3.71. The highest BCUT2D eigenvalue weighted by Gasteiger charge is 2.42. The maximum atomic E-state index is 11.7. The Morgan fingerprint density at radius 1 is 1.36 bits per heavy atom. The minimum absolute atomic E-state index is 0.164. The highest BCUT2D eigenvalue weighted by atomic mass is 16.3. The van der Waals surface area contributed by atoms with Crippen LogP contribution in [0.3, 0.4) is 0 Å². The van der Waals surface area contributed by atoms with Gasteiger partial charge < -0.3 is 10.4 Å². The fraction of sp³-hybridized carbons (Fsp3) is 0.909. The van der Waals surface area contributed by atoms with Gasteiger partial charge in [-0.15, -0.1) is 0 Å². The first-order valence-corrected chi connectivity index (χ1v) is 5.70. The Morgan fingerprint density at radius 3 is 2.79 bits per heavy atom. The van der Waals surface area contributed by atoms with Gasteiger partial charge in [-0.3, -0.25) is 4.79 Å². The molecule has 0 aromatic carbocycles. The summed E-state index contributed by atoms with van der Waals surface area (Å²) in [4.78, 5) is 11.7. The summed E-state index contributed by atoms with van der Waals surface area (Å²) in [5, 5.41) is 11.5. The van der Waals surface area contributed by atoms with Crippen molar-refractivity contribution < 1.29 is 9.90 Å². The van der Waals surface area contributed by atoms with E-state index in [2.05, 4.69) is 5.32 Å². The zero-order valence-electron chi connectivity index (χ0n) is 8.54. The van der Waals surface area contributed by atoms with Gasteiger partial charge in [0.1, 0.15) is 0 Å². The van der Waals surface area contributed by atoms with Crippen molar-refractivity contribution in [2.75, 3.05) is 13.2 Å². The summed E-state index contributed by atoms with van der Waals surface area (Å²) in [6, 6.07) is 0. The van der Waals surface area contributed by atoms with Crippen molar-refractivity contribution in [1.82, 2.24) is 5.32 Å². The van der Waals surface area contributed by atoms with Gasteiger partial charge in [0.05, 0.1) is 0 Å². The first-order chi connectivity index (χ1) is 6.81. The second kappa shape index (κ2) is 4.30. The molecule has 2 aliphatic rings. The van der Waals surface area contributed by atoms with Gasteiger partial charge in [0, 0.05) is 19.1 Å². The minimum Gasteiger partial charge on any atom is -0.396 e. The zero-order chi connectivity index (χ0) is 9.97. The summed E-state index contributed by atoms with van der Waals surface area (Å²) in [6.45, 7) is 0.792. The molecule has 3 atom stereocenters. The Hall–Kier alpha value is -0.570. The van der Waals surface area contributed by atoms with E-state index in [-0.39, 0.29) is 18.4 Å². The van der Waals surface area contributed by atoms with Gasteiger partial charge in [0.2, 0.25) is 5.91 Å². The molecule has 0 aromatic heterocycles. The predicted molar refractivity (Wildman–Crippen MR) is 53.7 cm³/mol. The maximum Gasteiger partial charge on any atom is 0.223 e. The SMILES string of the molecule is O=C(NCCCO)C1CC2CCC1C2. The quantitative estimate of drug-likeness (QED) is 0.658. The van der Waals surface area contributed by atoms with Crippen LogP contribution >= 0.6 is 0 Å². The van der Waals surface area contributed by atoms with Crippen molar-refractivity contribution in [3.63, 3.8) is 0 Å². The normalized spacial score (nSPS) is 34.8. The van der Waals surface area contributed by atoms with E-state index in [1.54, 1.807) is 0 Å². The van der Waals surface area contributed by atoms with Gasteiger partial charge in [-0.25, -0.2) is 0 Å². The lowest BCUT2D eigenvalue weighted by Gasteiger charge is -2.20. The van der Waals surface area contributed by atoms with Crippen LogP contribution in [0.4, 0.5) is 0 Å². The zero-order valence-corrected chi connectivity index (χ0v) is 8.54. The first kappa shape index (κ1) is 9.97. The van der Waals surface area contributed by atoms with E-state index in [1.165, 1.54) is 19.3 Å². The predicted octanol–water partition coefficient (Wildman–Crippen LogP) is 0.921. The number of amides is 1. The monoisotopic (exact) mass is 197 g/mol. The third-order valence-corrected chi connectivity index (χ3v) is 3.71. The lowest BCUT2D eigenvalue weighted by atomic mass is 9.88. The minimum atomic E-state index is 0.164. The molecule has 3 heteroatoms. The standard InChI is InChI=1S/C11H19NO2/c13-5-1-4-12-11(14)10-7-8-2-3-9(10)6-8/h8-10,13H,1-7H2,(H,12,14). The first-order valence-electron chi connectivity index (χ1n) is 5.70. The summed E-state index contributed by atoms with van der Waals surface area (Å²) in [7, 11) is 0. The average molecular weight is 197 g/mol. The van der Waals surface area contributed by atoms with Gasteiger partial charge in [-0.05, 0) is 37.5 Å². The molecule has 2 aliphatic carbocycles. The number of hydrogen-bond acceptors (Lipinski definition) is 2. The lowest BCUT2D eigenvalue weighted by molar-refractivity contribution is -0.126. The molecule has 2 N–H and O–H groups in total. The highest BCUT2D eigenvalue weighted by molar-refractivity contribution is 5.79. The molecule has 0 saturated heterocycles. The van der Waals surface area contributed by atoms with Crippen molar-refractivity contribution in [3.05, 3.63) is 0 Å². The molecule has 80 valence electrons. The summed E-state index contributed by atoms with van der Waals surface area (Å²) in [5.41, 5.74) is 0. The molecule has 0 aromatic rings. The molecule has 2 saturated carbocycles. The van der Waals surface area contributed by atoms with Crippen LogP contribution in [0, 0.1) is 17.8 Å². The molecule has 3 unspecified atom stereocenters. The Kier molecular flexibility index (Phi) is 3.06. The number of hydrogen-bond donors (Lipinski definition) is 2. The smallest absolute Gasteiger partial charge is 0.223 e. The molecule has 0 spiro atoms. The number of rotatable bonds is 4. The Balaban J connectivity index is 1.75. The van der Waals surface area contributed by atoms with E-state index in [0.717, 1.165) is 12.3 Å². The van der Waals surface area contributed by atoms with Crippen molar-refractivity contribution in [1.29, 1.82) is 0 Å². The van der Waals surface area contributed by atoms with E-state index < -0.39 is 0 Å².